The molecule has 26 heavy (non-hydrogen) atoms. The minimum Gasteiger partial charge on any atom is -0.496 e. The summed E-state index contributed by atoms with van der Waals surface area (Å²) >= 11 is 3.44. The van der Waals surface area contributed by atoms with Crippen LogP contribution in [0.3, 0.4) is 0 Å². The van der Waals surface area contributed by atoms with Crippen molar-refractivity contribution in [2.24, 2.45) is 5.92 Å². The van der Waals surface area contributed by atoms with E-state index in [1.165, 1.54) is 0 Å². The van der Waals surface area contributed by atoms with E-state index in [1.807, 2.05) is 12.1 Å². The fourth-order valence-electron chi connectivity index (χ4n) is 2.87. The fraction of sp³-hybridized carbons (Fsp3) is 0.474. The number of hydrogen-bond donors (Lipinski definition) is 2. The average Bonchev–Trinajstić information content (AvgIpc) is 2.61. The van der Waals surface area contributed by atoms with Gasteiger partial charge >= 0.3 is 12.0 Å². The van der Waals surface area contributed by atoms with Crippen molar-refractivity contribution in [1.82, 2.24) is 10.6 Å². The van der Waals surface area contributed by atoms with Crippen molar-refractivity contribution < 1.29 is 19.1 Å². The number of ether oxygens (including phenoxy) is 2. The largest absolute Gasteiger partial charge is 0.496 e. The molecule has 0 radical (unpaired) electrons. The van der Waals surface area contributed by atoms with Crippen LogP contribution in [0, 0.1) is 5.92 Å². The second kappa shape index (κ2) is 9.07. The molecule has 1 atom stereocenters. The van der Waals surface area contributed by atoms with Gasteiger partial charge in [0.2, 0.25) is 0 Å². The highest BCUT2D eigenvalue weighted by atomic mass is 79.9. The third-order valence-electron chi connectivity index (χ3n) is 4.60. The molecule has 6 nitrogen and oxygen atoms in total. The lowest BCUT2D eigenvalue weighted by Crippen LogP contribution is -2.45. The van der Waals surface area contributed by atoms with E-state index in [0.717, 1.165) is 22.9 Å². The lowest BCUT2D eigenvalue weighted by Gasteiger charge is -2.28. The van der Waals surface area contributed by atoms with Gasteiger partial charge in [-0.15, -0.1) is 0 Å². The van der Waals surface area contributed by atoms with Gasteiger partial charge in [0.1, 0.15) is 5.75 Å². The lowest BCUT2D eigenvalue weighted by molar-refractivity contribution is -0.141. The Bertz CT molecular complexity index is 713. The summed E-state index contributed by atoms with van der Waals surface area (Å²) in [6.07, 6.45) is 1.90. The van der Waals surface area contributed by atoms with E-state index < -0.39 is 12.0 Å². The maximum Gasteiger partial charge on any atom is 0.338 e. The fourth-order valence-corrected chi connectivity index (χ4v) is 3.43. The summed E-state index contributed by atoms with van der Waals surface area (Å²) in [6, 6.07) is 4.50. The summed E-state index contributed by atoms with van der Waals surface area (Å²) in [6.45, 7) is 6.23. The van der Waals surface area contributed by atoms with E-state index in [2.05, 4.69) is 40.4 Å². The molecular weight excluding hydrogens is 400 g/mol. The van der Waals surface area contributed by atoms with Gasteiger partial charge in [0.15, 0.2) is 0 Å². The average molecular weight is 425 g/mol. The van der Waals surface area contributed by atoms with E-state index >= 15 is 0 Å². The summed E-state index contributed by atoms with van der Waals surface area (Å²) in [5.41, 5.74) is 1.68. The molecule has 0 aliphatic carbocycles. The van der Waals surface area contributed by atoms with Crippen LogP contribution in [0.1, 0.15) is 45.2 Å². The van der Waals surface area contributed by atoms with Crippen LogP contribution in [0.2, 0.25) is 0 Å². The number of urea groups is 1. The molecule has 1 unspecified atom stereocenters. The summed E-state index contributed by atoms with van der Waals surface area (Å²) in [5, 5.41) is 5.46. The standard InChI is InChI=1S/C19H25BrN2O4/c1-5-12(6-2)10-26-18(23)16-11(3)21-19(24)22-17(16)13-7-8-15(25-4)14(20)9-13/h7-9,12,17H,5-6,10H2,1-4H3,(H2,21,22,24). The lowest BCUT2D eigenvalue weighted by atomic mass is 9.95. The van der Waals surface area contributed by atoms with Crippen molar-refractivity contribution >= 4 is 27.9 Å². The van der Waals surface area contributed by atoms with E-state index in [0.29, 0.717) is 29.5 Å². The Morgan fingerprint density at radius 2 is 2.00 bits per heavy atom. The number of benzene rings is 1. The van der Waals surface area contributed by atoms with Crippen LogP contribution >= 0.6 is 15.9 Å². The first-order valence-electron chi connectivity index (χ1n) is 8.70. The molecule has 0 fully saturated rings. The van der Waals surface area contributed by atoms with Crippen LogP contribution in [0.25, 0.3) is 0 Å². The summed E-state index contributed by atoms with van der Waals surface area (Å²) in [5.74, 6) is 0.589. The zero-order valence-corrected chi connectivity index (χ0v) is 17.1. The number of allylic oxidation sites excluding steroid dienone is 1. The minimum absolute atomic E-state index is 0.333. The van der Waals surface area contributed by atoms with Gasteiger partial charge in [0.05, 0.1) is 29.8 Å². The Morgan fingerprint density at radius 3 is 2.58 bits per heavy atom. The normalized spacial score (nSPS) is 17.0. The van der Waals surface area contributed by atoms with E-state index in [-0.39, 0.29) is 6.03 Å². The molecular formula is C19H25BrN2O4. The molecule has 0 saturated heterocycles. The molecule has 2 amide bonds. The second-order valence-corrected chi connectivity index (χ2v) is 7.10. The molecule has 7 heteroatoms. The Balaban J connectivity index is 2.30. The molecule has 1 aliphatic heterocycles. The first-order chi connectivity index (χ1) is 12.4. The molecule has 1 aromatic rings. The molecule has 0 aromatic heterocycles. The van der Waals surface area contributed by atoms with Crippen LogP contribution in [0.15, 0.2) is 33.9 Å². The number of hydrogen-bond acceptors (Lipinski definition) is 4. The van der Waals surface area contributed by atoms with Crippen LogP contribution in [0.5, 0.6) is 5.75 Å². The quantitative estimate of drug-likeness (QED) is 0.646. The number of carbonyl (C=O) groups excluding carboxylic acids is 2. The smallest absolute Gasteiger partial charge is 0.338 e. The molecule has 1 aromatic carbocycles. The highest BCUT2D eigenvalue weighted by Gasteiger charge is 2.32. The Kier molecular flexibility index (Phi) is 7.08. The van der Waals surface area contributed by atoms with Crippen molar-refractivity contribution in [2.45, 2.75) is 39.7 Å². The zero-order chi connectivity index (χ0) is 19.3. The van der Waals surface area contributed by atoms with Gasteiger partial charge in [0, 0.05) is 5.70 Å². The van der Waals surface area contributed by atoms with Crippen molar-refractivity contribution in [1.29, 1.82) is 0 Å². The Morgan fingerprint density at radius 1 is 1.31 bits per heavy atom. The topological polar surface area (TPSA) is 76.7 Å². The van der Waals surface area contributed by atoms with Gasteiger partial charge in [-0.1, -0.05) is 32.8 Å². The predicted octanol–water partition coefficient (Wildman–Crippen LogP) is 4.07. The monoisotopic (exact) mass is 424 g/mol. The first kappa shape index (κ1) is 20.3. The van der Waals surface area contributed by atoms with Gasteiger partial charge in [-0.2, -0.15) is 0 Å². The van der Waals surface area contributed by atoms with E-state index in [4.69, 9.17) is 9.47 Å². The molecule has 0 spiro atoms. The minimum atomic E-state index is -0.583. The second-order valence-electron chi connectivity index (χ2n) is 6.25. The molecule has 0 bridgehead atoms. The van der Waals surface area contributed by atoms with Gasteiger partial charge in [-0.05, 0) is 46.5 Å². The molecule has 0 saturated carbocycles. The van der Waals surface area contributed by atoms with Crippen molar-refractivity contribution in [3.8, 4) is 5.75 Å². The Hall–Kier alpha value is -2.02. The summed E-state index contributed by atoms with van der Waals surface area (Å²) in [4.78, 5) is 24.7. The van der Waals surface area contributed by atoms with Gasteiger partial charge in [-0.3, -0.25) is 0 Å². The molecule has 2 rings (SSSR count). The van der Waals surface area contributed by atoms with Crippen LogP contribution < -0.4 is 15.4 Å². The SMILES string of the molecule is CCC(CC)COC(=O)C1=C(C)NC(=O)NC1c1ccc(OC)c(Br)c1. The molecule has 142 valence electrons. The van der Waals surface area contributed by atoms with Crippen molar-refractivity contribution in [3.05, 3.63) is 39.5 Å². The maximum absolute atomic E-state index is 12.7. The number of nitrogens with one attached hydrogen (secondary N) is 2. The van der Waals surface area contributed by atoms with Crippen molar-refractivity contribution in [3.63, 3.8) is 0 Å². The number of esters is 1. The number of halogens is 1. The van der Waals surface area contributed by atoms with Crippen LogP contribution in [-0.4, -0.2) is 25.7 Å². The van der Waals surface area contributed by atoms with Gasteiger partial charge in [-0.25, -0.2) is 9.59 Å². The highest BCUT2D eigenvalue weighted by molar-refractivity contribution is 9.10. The first-order valence-corrected chi connectivity index (χ1v) is 9.49. The number of amides is 2. The predicted molar refractivity (Wildman–Crippen MR) is 103 cm³/mol. The van der Waals surface area contributed by atoms with Crippen LogP contribution in [0.4, 0.5) is 4.79 Å². The van der Waals surface area contributed by atoms with E-state index in [9.17, 15) is 9.59 Å². The highest BCUT2D eigenvalue weighted by Crippen LogP contribution is 2.33. The number of carbonyl (C=O) groups is 2. The maximum atomic E-state index is 12.7. The summed E-state index contributed by atoms with van der Waals surface area (Å²) < 4.78 is 11.5. The number of methoxy groups -OCH3 is 1. The molecule has 1 aliphatic rings. The molecule has 1 heterocycles. The van der Waals surface area contributed by atoms with Crippen LogP contribution in [-0.2, 0) is 9.53 Å². The van der Waals surface area contributed by atoms with Gasteiger partial charge in [0.25, 0.3) is 0 Å². The third kappa shape index (κ3) is 4.58. The van der Waals surface area contributed by atoms with Gasteiger partial charge < -0.3 is 20.1 Å². The zero-order valence-electron chi connectivity index (χ0n) is 15.5. The third-order valence-corrected chi connectivity index (χ3v) is 5.22. The number of rotatable bonds is 7. The van der Waals surface area contributed by atoms with Crippen molar-refractivity contribution in [2.75, 3.05) is 13.7 Å². The Labute approximate surface area is 162 Å². The molecule has 2 N–H and O–H groups in total. The van der Waals surface area contributed by atoms with E-state index in [1.54, 1.807) is 20.1 Å². The summed E-state index contributed by atoms with van der Waals surface area (Å²) in [7, 11) is 1.58.